The van der Waals surface area contributed by atoms with Crippen LogP contribution in [0.1, 0.15) is 161 Å². The first-order valence-corrected chi connectivity index (χ1v) is 23.4. The molecule has 320 valence electrons. The third kappa shape index (κ3) is 10.8. The van der Waals surface area contributed by atoms with Gasteiger partial charge < -0.3 is 4.74 Å². The van der Waals surface area contributed by atoms with Crippen molar-refractivity contribution in [2.24, 2.45) is 11.8 Å². The number of ether oxygens (including phenoxy) is 1. The molecule has 8 rings (SSSR count). The first-order chi connectivity index (χ1) is 29.7. The number of fused-ring (bicyclic) bond motifs is 2. The molecule has 0 radical (unpaired) electrons. The average Bonchev–Trinajstić information content (AvgIpc) is 3.26. The fourth-order valence-electron chi connectivity index (χ4n) is 10.7. The lowest BCUT2D eigenvalue weighted by Gasteiger charge is -2.40. The Hall–Kier alpha value is -4.48. The molecule has 6 aromatic rings. The van der Waals surface area contributed by atoms with Gasteiger partial charge in [-0.3, -0.25) is 0 Å². The van der Waals surface area contributed by atoms with E-state index in [9.17, 15) is 17.6 Å². The molecule has 0 amide bonds. The summed E-state index contributed by atoms with van der Waals surface area (Å²) in [5.41, 5.74) is 6.55. The fourth-order valence-corrected chi connectivity index (χ4v) is 10.7. The van der Waals surface area contributed by atoms with E-state index in [1.54, 1.807) is 0 Å². The largest absolute Gasteiger partial charge is 0.365 e. The number of halogens is 4. The number of hydrogen-bond acceptors (Lipinski definition) is 1. The quantitative estimate of drug-likeness (QED) is 0.0698. The number of hydrogen-bond donors (Lipinski definition) is 0. The van der Waals surface area contributed by atoms with Crippen LogP contribution in [0.2, 0.25) is 0 Å². The maximum atomic E-state index is 14.4. The van der Waals surface area contributed by atoms with Crippen LogP contribution in [0.3, 0.4) is 0 Å². The molecule has 2 unspecified atom stereocenters. The minimum atomic E-state index is -0.522. The van der Waals surface area contributed by atoms with Crippen molar-refractivity contribution in [3.8, 4) is 0 Å². The van der Waals surface area contributed by atoms with Gasteiger partial charge in [-0.25, -0.2) is 17.6 Å². The van der Waals surface area contributed by atoms with Gasteiger partial charge in [0.2, 0.25) is 0 Å². The van der Waals surface area contributed by atoms with Crippen LogP contribution in [0, 0.1) is 35.1 Å². The second-order valence-corrected chi connectivity index (χ2v) is 18.4. The molecule has 0 saturated heterocycles. The molecule has 0 bridgehead atoms. The molecule has 2 aliphatic carbocycles. The normalized spacial score (nSPS) is 20.6. The molecule has 6 aromatic carbocycles. The van der Waals surface area contributed by atoms with Crippen LogP contribution in [0.25, 0.3) is 21.5 Å². The van der Waals surface area contributed by atoms with Gasteiger partial charge >= 0.3 is 0 Å². The van der Waals surface area contributed by atoms with E-state index in [2.05, 4.69) is 86.6 Å². The van der Waals surface area contributed by atoms with Gasteiger partial charge in [-0.15, -0.1) is 0 Å². The average molecular weight is 827 g/mol. The molecule has 0 N–H and O–H groups in total. The van der Waals surface area contributed by atoms with Crippen molar-refractivity contribution in [1.29, 1.82) is 0 Å². The van der Waals surface area contributed by atoms with Crippen LogP contribution in [-0.2, 0) is 17.6 Å². The van der Waals surface area contributed by atoms with Crippen LogP contribution in [0.4, 0.5) is 17.6 Å². The summed E-state index contributed by atoms with van der Waals surface area (Å²) in [6.45, 7) is 4.48. The fraction of sp³-hybridized carbons (Fsp3) is 0.429. The van der Waals surface area contributed by atoms with E-state index in [4.69, 9.17) is 4.74 Å². The molecule has 2 atom stereocenters. The van der Waals surface area contributed by atoms with Crippen molar-refractivity contribution in [3.05, 3.63) is 166 Å². The first kappa shape index (κ1) is 43.2. The van der Waals surface area contributed by atoms with E-state index >= 15 is 0 Å². The highest BCUT2D eigenvalue weighted by Gasteiger charge is 2.37. The second kappa shape index (κ2) is 20.1. The molecule has 2 saturated carbocycles. The molecule has 0 heterocycles. The first-order valence-electron chi connectivity index (χ1n) is 23.4. The lowest BCUT2D eigenvalue weighted by molar-refractivity contribution is -0.0878. The van der Waals surface area contributed by atoms with E-state index in [-0.39, 0.29) is 35.9 Å². The molecule has 0 aliphatic heterocycles. The predicted molar refractivity (Wildman–Crippen MR) is 243 cm³/mol. The smallest absolute Gasteiger partial charge is 0.126 e. The molecule has 5 heteroatoms. The van der Waals surface area contributed by atoms with E-state index in [0.717, 1.165) is 98.6 Å². The number of aryl methyl sites for hydroxylation is 2. The van der Waals surface area contributed by atoms with Gasteiger partial charge in [0.1, 0.15) is 23.3 Å². The van der Waals surface area contributed by atoms with Gasteiger partial charge in [0.05, 0.1) is 12.2 Å². The number of unbranched alkanes of at least 4 members (excludes halogenated alkanes) is 4. The summed E-state index contributed by atoms with van der Waals surface area (Å²) < 4.78 is 65.2. The molecule has 1 nitrogen and oxygen atoms in total. The van der Waals surface area contributed by atoms with Gasteiger partial charge in [-0.1, -0.05) is 100 Å². The maximum Gasteiger partial charge on any atom is 0.126 e. The zero-order valence-corrected chi connectivity index (χ0v) is 36.1. The highest BCUT2D eigenvalue weighted by molar-refractivity contribution is 5.85. The Morgan fingerprint density at radius 2 is 0.787 bits per heavy atom. The number of benzene rings is 6. The van der Waals surface area contributed by atoms with Gasteiger partial charge in [-0.05, 0) is 192 Å². The third-order valence-corrected chi connectivity index (χ3v) is 14.1. The van der Waals surface area contributed by atoms with Crippen molar-refractivity contribution in [2.45, 2.75) is 141 Å². The summed E-state index contributed by atoms with van der Waals surface area (Å²) in [6.07, 6.45) is 15.9. The maximum absolute atomic E-state index is 14.4. The Labute approximate surface area is 360 Å². The molecule has 0 aromatic heterocycles. The molecule has 61 heavy (non-hydrogen) atoms. The van der Waals surface area contributed by atoms with Crippen molar-refractivity contribution in [1.82, 2.24) is 0 Å². The van der Waals surface area contributed by atoms with Crippen molar-refractivity contribution in [2.75, 3.05) is 0 Å². The SMILES string of the molecule is CCCCCc1ccc2cc(C(OC(c3ccc4cc(CCCCC)ccc4c3)C3CCC(c4cc(F)cc(F)c4)CC3)C3CCC(c4cc(F)cc(F)c4)CC3)ccc2c1. The van der Waals surface area contributed by atoms with Crippen molar-refractivity contribution >= 4 is 21.5 Å². The Morgan fingerprint density at radius 3 is 1.16 bits per heavy atom. The second-order valence-electron chi connectivity index (χ2n) is 18.4. The summed E-state index contributed by atoms with van der Waals surface area (Å²) in [7, 11) is 0. The zero-order valence-electron chi connectivity index (χ0n) is 36.1. The summed E-state index contributed by atoms with van der Waals surface area (Å²) in [5, 5.41) is 4.88. The highest BCUT2D eigenvalue weighted by Crippen LogP contribution is 2.49. The van der Waals surface area contributed by atoms with Crippen molar-refractivity contribution in [3.63, 3.8) is 0 Å². The van der Waals surface area contributed by atoms with Crippen LogP contribution in [0.15, 0.2) is 109 Å². The van der Waals surface area contributed by atoms with Gasteiger partial charge in [-0.2, -0.15) is 0 Å². The van der Waals surface area contributed by atoms with Crippen LogP contribution >= 0.6 is 0 Å². The molecule has 2 aliphatic rings. The predicted octanol–water partition coefficient (Wildman–Crippen LogP) is 16.8. The van der Waals surface area contributed by atoms with Crippen LogP contribution in [-0.4, -0.2) is 0 Å². The van der Waals surface area contributed by atoms with Gasteiger partial charge in [0.25, 0.3) is 0 Å². The van der Waals surface area contributed by atoms with Gasteiger partial charge in [0, 0.05) is 12.1 Å². The monoisotopic (exact) mass is 826 g/mol. The minimum absolute atomic E-state index is 0.0934. The Balaban J connectivity index is 1.13. The lowest BCUT2D eigenvalue weighted by atomic mass is 9.74. The van der Waals surface area contributed by atoms with Crippen LogP contribution in [0.5, 0.6) is 0 Å². The summed E-state index contributed by atoms with van der Waals surface area (Å²) in [6, 6.07) is 35.4. The zero-order chi connectivity index (χ0) is 42.3. The van der Waals surface area contributed by atoms with E-state index in [1.807, 2.05) is 0 Å². The standard InChI is InChI=1S/C56H62F4O/c1-3-5-7-9-37-11-13-45-29-47(25-23-43(45)27-37)55(41-19-15-39(16-20-41)49-31-51(57)35-52(58)32-49)61-56(42-21-17-40(18-22-42)50-33-53(59)36-54(60)34-50)48-26-24-44-28-38(10-8-6-4-2)12-14-46(44)30-48/h11-14,23-36,39-42,55-56H,3-10,15-22H2,1-2H3. The number of rotatable bonds is 16. The summed E-state index contributed by atoms with van der Waals surface area (Å²) in [5.74, 6) is -1.48. The van der Waals surface area contributed by atoms with E-state index in [1.165, 1.54) is 95.5 Å². The van der Waals surface area contributed by atoms with Crippen LogP contribution < -0.4 is 0 Å². The third-order valence-electron chi connectivity index (χ3n) is 14.1. The van der Waals surface area contributed by atoms with E-state index in [0.29, 0.717) is 0 Å². The molecular formula is C56H62F4O. The topological polar surface area (TPSA) is 9.23 Å². The Morgan fingerprint density at radius 1 is 0.426 bits per heavy atom. The van der Waals surface area contributed by atoms with E-state index < -0.39 is 23.3 Å². The Bertz CT molecular complexity index is 2180. The highest BCUT2D eigenvalue weighted by atomic mass is 19.1. The molecule has 0 spiro atoms. The Kier molecular flexibility index (Phi) is 14.3. The molecular weight excluding hydrogens is 765 g/mol. The summed E-state index contributed by atoms with van der Waals surface area (Å²) in [4.78, 5) is 0. The van der Waals surface area contributed by atoms with Gasteiger partial charge in [0.15, 0.2) is 0 Å². The lowest BCUT2D eigenvalue weighted by Crippen LogP contribution is -2.28. The minimum Gasteiger partial charge on any atom is -0.365 e. The summed E-state index contributed by atoms with van der Waals surface area (Å²) >= 11 is 0. The molecule has 2 fully saturated rings. The van der Waals surface area contributed by atoms with Crippen molar-refractivity contribution < 1.29 is 22.3 Å².